The Balaban J connectivity index is 0.00000312. The van der Waals surface area contributed by atoms with Crippen LogP contribution >= 0.6 is 24.0 Å². The van der Waals surface area contributed by atoms with Crippen molar-refractivity contribution in [2.45, 2.75) is 46.1 Å². The van der Waals surface area contributed by atoms with E-state index in [1.807, 2.05) is 7.05 Å². The number of rotatable bonds is 7. The molecule has 0 radical (unpaired) electrons. The van der Waals surface area contributed by atoms with Gasteiger partial charge in [-0.1, -0.05) is 38.1 Å². The third kappa shape index (κ3) is 7.52. The number of benzene rings is 1. The second-order valence-electron chi connectivity index (χ2n) is 6.71. The molecule has 0 atom stereocenters. The van der Waals surface area contributed by atoms with Crippen molar-refractivity contribution in [3.63, 3.8) is 0 Å². The Morgan fingerprint density at radius 2 is 1.80 bits per heavy atom. The summed E-state index contributed by atoms with van der Waals surface area (Å²) in [6.45, 7) is 10.1. The number of piperidine rings is 1. The fourth-order valence-corrected chi connectivity index (χ4v) is 3.45. The molecule has 2 N–H and O–H groups in total. The van der Waals surface area contributed by atoms with Gasteiger partial charge in [0.05, 0.1) is 0 Å². The average molecular weight is 458 g/mol. The largest absolute Gasteiger partial charge is 0.356 e. The van der Waals surface area contributed by atoms with E-state index in [9.17, 15) is 0 Å². The number of guanidine groups is 1. The molecule has 0 saturated carbocycles. The number of aryl methyl sites for hydroxylation is 1. The molecule has 25 heavy (non-hydrogen) atoms. The van der Waals surface area contributed by atoms with Gasteiger partial charge in [-0.3, -0.25) is 4.99 Å². The van der Waals surface area contributed by atoms with Crippen LogP contribution in [0.5, 0.6) is 0 Å². The van der Waals surface area contributed by atoms with E-state index < -0.39 is 0 Å². The predicted molar refractivity (Wildman–Crippen MR) is 119 cm³/mol. The summed E-state index contributed by atoms with van der Waals surface area (Å²) in [4.78, 5) is 6.96. The maximum Gasteiger partial charge on any atom is 0.191 e. The first-order valence-corrected chi connectivity index (χ1v) is 9.50. The van der Waals surface area contributed by atoms with Crippen LogP contribution in [0.2, 0.25) is 0 Å². The van der Waals surface area contributed by atoms with Crippen LogP contribution in [-0.2, 0) is 13.0 Å². The number of likely N-dealkylation sites (tertiary alicyclic amines) is 1. The van der Waals surface area contributed by atoms with Crippen LogP contribution in [-0.4, -0.2) is 44.1 Å². The monoisotopic (exact) mass is 458 g/mol. The smallest absolute Gasteiger partial charge is 0.191 e. The molecule has 4 nitrogen and oxygen atoms in total. The van der Waals surface area contributed by atoms with Crippen molar-refractivity contribution in [1.29, 1.82) is 0 Å². The first-order valence-electron chi connectivity index (χ1n) is 9.50. The van der Waals surface area contributed by atoms with Gasteiger partial charge in [-0.25, -0.2) is 0 Å². The molecule has 1 aromatic rings. The zero-order valence-electron chi connectivity index (χ0n) is 16.1. The van der Waals surface area contributed by atoms with E-state index in [0.29, 0.717) is 0 Å². The molecule has 1 aliphatic rings. The number of halogens is 1. The van der Waals surface area contributed by atoms with Gasteiger partial charge >= 0.3 is 0 Å². The van der Waals surface area contributed by atoms with Crippen LogP contribution < -0.4 is 10.6 Å². The van der Waals surface area contributed by atoms with Gasteiger partial charge < -0.3 is 15.5 Å². The molecule has 5 heteroatoms. The number of hydrogen-bond acceptors (Lipinski definition) is 2. The van der Waals surface area contributed by atoms with Gasteiger partial charge in [0.2, 0.25) is 0 Å². The van der Waals surface area contributed by atoms with E-state index in [2.05, 4.69) is 58.6 Å². The summed E-state index contributed by atoms with van der Waals surface area (Å²) in [7, 11) is 1.85. The number of nitrogens with one attached hydrogen (secondary N) is 2. The SMILES string of the molecule is CCCN1CCC(CNC(=NC)NCc2ccccc2CC)CC1.I. The van der Waals surface area contributed by atoms with Gasteiger partial charge in [0.25, 0.3) is 0 Å². The molecule has 0 aliphatic carbocycles. The lowest BCUT2D eigenvalue weighted by Crippen LogP contribution is -2.42. The molecular formula is C20H35IN4. The van der Waals surface area contributed by atoms with Crippen molar-refractivity contribution >= 4 is 29.9 Å². The second-order valence-corrected chi connectivity index (χ2v) is 6.71. The van der Waals surface area contributed by atoms with Crippen molar-refractivity contribution in [2.24, 2.45) is 10.9 Å². The molecule has 1 aliphatic heterocycles. The minimum Gasteiger partial charge on any atom is -0.356 e. The molecule has 1 saturated heterocycles. The Kier molecular flexibility index (Phi) is 11.1. The molecule has 0 spiro atoms. The quantitative estimate of drug-likeness (QED) is 0.372. The molecule has 0 unspecified atom stereocenters. The average Bonchev–Trinajstić information content (AvgIpc) is 2.63. The highest BCUT2D eigenvalue weighted by atomic mass is 127. The Hall–Kier alpha value is -0.820. The molecule has 1 heterocycles. The topological polar surface area (TPSA) is 39.7 Å². The van der Waals surface area contributed by atoms with Crippen molar-refractivity contribution in [3.05, 3.63) is 35.4 Å². The van der Waals surface area contributed by atoms with E-state index in [1.54, 1.807) is 0 Å². The lowest BCUT2D eigenvalue weighted by Gasteiger charge is -2.32. The van der Waals surface area contributed by atoms with Crippen LogP contribution in [0.25, 0.3) is 0 Å². The van der Waals surface area contributed by atoms with E-state index in [4.69, 9.17) is 0 Å². The Morgan fingerprint density at radius 1 is 1.12 bits per heavy atom. The summed E-state index contributed by atoms with van der Waals surface area (Å²) in [5.41, 5.74) is 2.76. The summed E-state index contributed by atoms with van der Waals surface area (Å²) >= 11 is 0. The van der Waals surface area contributed by atoms with Crippen LogP contribution in [0, 0.1) is 5.92 Å². The van der Waals surface area contributed by atoms with Crippen LogP contribution in [0.3, 0.4) is 0 Å². The van der Waals surface area contributed by atoms with E-state index in [-0.39, 0.29) is 24.0 Å². The fraction of sp³-hybridized carbons (Fsp3) is 0.650. The van der Waals surface area contributed by atoms with Crippen molar-refractivity contribution < 1.29 is 0 Å². The Morgan fingerprint density at radius 3 is 2.40 bits per heavy atom. The third-order valence-corrected chi connectivity index (χ3v) is 4.97. The summed E-state index contributed by atoms with van der Waals surface area (Å²) in [5.74, 6) is 1.68. The summed E-state index contributed by atoms with van der Waals surface area (Å²) in [6.07, 6.45) is 4.92. The predicted octanol–water partition coefficient (Wildman–Crippen LogP) is 3.65. The van der Waals surface area contributed by atoms with Gasteiger partial charge in [0.1, 0.15) is 0 Å². The molecule has 1 fully saturated rings. The second kappa shape index (κ2) is 12.5. The maximum atomic E-state index is 4.37. The molecule has 0 amide bonds. The number of nitrogens with zero attached hydrogens (tertiary/aromatic N) is 2. The minimum atomic E-state index is 0. The molecule has 142 valence electrons. The highest BCUT2D eigenvalue weighted by Crippen LogP contribution is 2.16. The zero-order valence-corrected chi connectivity index (χ0v) is 18.4. The van der Waals surface area contributed by atoms with E-state index >= 15 is 0 Å². The molecule has 0 aromatic heterocycles. The molecule has 0 bridgehead atoms. The lowest BCUT2D eigenvalue weighted by atomic mass is 9.97. The number of aliphatic imine (C=N–C) groups is 1. The normalized spacial score (nSPS) is 16.4. The van der Waals surface area contributed by atoms with Gasteiger partial charge in [-0.05, 0) is 62.4 Å². The first-order chi connectivity index (χ1) is 11.8. The summed E-state index contributed by atoms with van der Waals surface area (Å²) in [6, 6.07) is 8.62. The number of hydrogen-bond donors (Lipinski definition) is 2. The minimum absolute atomic E-state index is 0. The Bertz CT molecular complexity index is 510. The van der Waals surface area contributed by atoms with Crippen LogP contribution in [0.4, 0.5) is 0 Å². The molecule has 1 aromatic carbocycles. The standard InChI is InChI=1S/C20H34N4.HI/c1-4-12-24-13-10-17(11-14-24)15-22-20(21-3)23-16-19-9-7-6-8-18(19)5-2;/h6-9,17H,4-5,10-16H2,1-3H3,(H2,21,22,23);1H. The van der Waals surface area contributed by atoms with Gasteiger partial charge in [-0.2, -0.15) is 0 Å². The highest BCUT2D eigenvalue weighted by Gasteiger charge is 2.18. The molecule has 2 rings (SSSR count). The zero-order chi connectivity index (χ0) is 17.2. The fourth-order valence-electron chi connectivity index (χ4n) is 3.45. The van der Waals surface area contributed by atoms with E-state index in [1.165, 1.54) is 50.0 Å². The third-order valence-electron chi connectivity index (χ3n) is 4.97. The maximum absolute atomic E-state index is 4.37. The van der Waals surface area contributed by atoms with Crippen LogP contribution in [0.15, 0.2) is 29.3 Å². The first kappa shape index (κ1) is 22.2. The summed E-state index contributed by atoms with van der Waals surface area (Å²) < 4.78 is 0. The van der Waals surface area contributed by atoms with Crippen molar-refractivity contribution in [2.75, 3.05) is 33.2 Å². The van der Waals surface area contributed by atoms with Gasteiger partial charge in [0, 0.05) is 20.1 Å². The molecular weight excluding hydrogens is 423 g/mol. The van der Waals surface area contributed by atoms with Crippen LogP contribution in [0.1, 0.15) is 44.2 Å². The highest BCUT2D eigenvalue weighted by molar-refractivity contribution is 14.0. The van der Waals surface area contributed by atoms with E-state index in [0.717, 1.165) is 31.4 Å². The lowest BCUT2D eigenvalue weighted by molar-refractivity contribution is 0.185. The van der Waals surface area contributed by atoms with Crippen molar-refractivity contribution in [3.8, 4) is 0 Å². The van der Waals surface area contributed by atoms with Gasteiger partial charge in [-0.15, -0.1) is 24.0 Å². The Labute approximate surface area is 170 Å². The summed E-state index contributed by atoms with van der Waals surface area (Å²) in [5, 5.41) is 6.97. The van der Waals surface area contributed by atoms with Crippen molar-refractivity contribution in [1.82, 2.24) is 15.5 Å². The van der Waals surface area contributed by atoms with Gasteiger partial charge in [0.15, 0.2) is 5.96 Å².